The van der Waals surface area contributed by atoms with Gasteiger partial charge in [-0.15, -0.1) is 0 Å². The van der Waals surface area contributed by atoms with E-state index < -0.39 is 11.9 Å². The summed E-state index contributed by atoms with van der Waals surface area (Å²) in [6, 6.07) is 11.3. The van der Waals surface area contributed by atoms with Gasteiger partial charge in [0.2, 0.25) is 0 Å². The highest BCUT2D eigenvalue weighted by Gasteiger charge is 2.41. The van der Waals surface area contributed by atoms with Crippen molar-refractivity contribution in [3.63, 3.8) is 0 Å². The Morgan fingerprint density at radius 2 is 2.04 bits per heavy atom. The normalized spacial score (nSPS) is 20.6. The van der Waals surface area contributed by atoms with E-state index in [4.69, 9.17) is 9.15 Å². The molecule has 1 aromatic carbocycles. The van der Waals surface area contributed by atoms with E-state index in [0.29, 0.717) is 12.2 Å². The Kier molecular flexibility index (Phi) is 5.00. The van der Waals surface area contributed by atoms with E-state index in [1.807, 2.05) is 24.3 Å². The van der Waals surface area contributed by atoms with E-state index in [0.717, 1.165) is 15.6 Å². The number of carbonyl (C=O) groups is 2. The summed E-state index contributed by atoms with van der Waals surface area (Å²) >= 11 is 3.41. The smallest absolute Gasteiger partial charge is 0.317 e. The zero-order chi connectivity index (χ0) is 17.1. The van der Waals surface area contributed by atoms with E-state index in [9.17, 15) is 9.59 Å². The third-order valence-electron chi connectivity index (χ3n) is 4.13. The van der Waals surface area contributed by atoms with Crippen molar-refractivity contribution in [1.82, 2.24) is 0 Å². The zero-order valence-corrected chi connectivity index (χ0v) is 14.8. The van der Waals surface area contributed by atoms with Gasteiger partial charge in [-0.1, -0.05) is 28.1 Å². The summed E-state index contributed by atoms with van der Waals surface area (Å²) < 4.78 is 11.6. The van der Waals surface area contributed by atoms with Crippen molar-refractivity contribution < 1.29 is 18.7 Å². The summed E-state index contributed by atoms with van der Waals surface area (Å²) in [7, 11) is 0. The molecule has 0 amide bonds. The number of ketones is 1. The van der Waals surface area contributed by atoms with Crippen LogP contribution in [0, 0.1) is 5.92 Å². The molecule has 5 heteroatoms. The van der Waals surface area contributed by atoms with Gasteiger partial charge in [-0.3, -0.25) is 9.59 Å². The molecule has 1 aromatic heterocycles. The van der Waals surface area contributed by atoms with Crippen molar-refractivity contribution in [2.24, 2.45) is 5.92 Å². The molecule has 0 aliphatic heterocycles. The Hall–Kier alpha value is -2.14. The van der Waals surface area contributed by atoms with Gasteiger partial charge < -0.3 is 9.15 Å². The molecule has 2 aromatic rings. The fraction of sp³-hybridized carbons (Fsp3) is 0.263. The molecule has 0 saturated carbocycles. The molecule has 0 fully saturated rings. The Morgan fingerprint density at radius 1 is 1.29 bits per heavy atom. The van der Waals surface area contributed by atoms with Gasteiger partial charge in [-0.2, -0.15) is 0 Å². The molecule has 4 nitrogen and oxygen atoms in total. The first-order chi connectivity index (χ1) is 11.6. The number of rotatable bonds is 4. The van der Waals surface area contributed by atoms with Crippen molar-refractivity contribution in [2.75, 3.05) is 6.61 Å². The van der Waals surface area contributed by atoms with Crippen LogP contribution < -0.4 is 0 Å². The fourth-order valence-electron chi connectivity index (χ4n) is 3.02. The summed E-state index contributed by atoms with van der Waals surface area (Å²) in [6.07, 6.45) is 3.66. The number of hydrogen-bond donors (Lipinski definition) is 0. The lowest BCUT2D eigenvalue weighted by Gasteiger charge is -2.27. The molecule has 3 rings (SSSR count). The Labute approximate surface area is 148 Å². The molecule has 0 spiro atoms. The largest absolute Gasteiger partial charge is 0.469 e. The number of esters is 1. The highest BCUT2D eigenvalue weighted by atomic mass is 79.9. The highest BCUT2D eigenvalue weighted by Crippen LogP contribution is 2.40. The van der Waals surface area contributed by atoms with Gasteiger partial charge in [0, 0.05) is 10.4 Å². The lowest BCUT2D eigenvalue weighted by atomic mass is 9.76. The molecular formula is C19H17BrO4. The van der Waals surface area contributed by atoms with Gasteiger partial charge in [-0.05, 0) is 54.8 Å². The Balaban J connectivity index is 1.98. The standard InChI is InChI=1S/C19H17BrO4/c1-2-23-19(22)18-15(17-4-3-9-24-17)10-13(11-16(18)21)12-5-7-14(20)8-6-12/h3-9,11,15,18H,2,10H2,1H3/t15-,18+/m1/s1. The number of carbonyl (C=O) groups excluding carboxylic acids is 2. The minimum atomic E-state index is -0.852. The van der Waals surface area contributed by atoms with Gasteiger partial charge in [0.25, 0.3) is 0 Å². The maximum atomic E-state index is 12.6. The minimum Gasteiger partial charge on any atom is -0.469 e. The second kappa shape index (κ2) is 7.18. The van der Waals surface area contributed by atoms with E-state index in [1.165, 1.54) is 0 Å². The lowest BCUT2D eigenvalue weighted by Crippen LogP contribution is -2.33. The number of ether oxygens (including phenoxy) is 1. The second-order valence-electron chi connectivity index (χ2n) is 5.63. The predicted octanol–water partition coefficient (Wildman–Crippen LogP) is 4.36. The van der Waals surface area contributed by atoms with Crippen LogP contribution in [0.3, 0.4) is 0 Å². The van der Waals surface area contributed by atoms with E-state index in [2.05, 4.69) is 15.9 Å². The van der Waals surface area contributed by atoms with Crippen molar-refractivity contribution in [3.05, 3.63) is 64.5 Å². The SMILES string of the molecule is CCOC(=O)[C@@H]1C(=O)C=C(c2ccc(Br)cc2)C[C@@H]1c1ccco1. The summed E-state index contributed by atoms with van der Waals surface area (Å²) in [5, 5.41) is 0. The summed E-state index contributed by atoms with van der Waals surface area (Å²) in [5.74, 6) is -1.30. The van der Waals surface area contributed by atoms with Crippen LogP contribution in [0.1, 0.15) is 30.6 Å². The van der Waals surface area contributed by atoms with Gasteiger partial charge in [0.15, 0.2) is 5.78 Å². The third kappa shape index (κ3) is 3.36. The molecule has 0 saturated heterocycles. The van der Waals surface area contributed by atoms with Crippen LogP contribution in [0.15, 0.2) is 57.6 Å². The van der Waals surface area contributed by atoms with Crippen LogP contribution >= 0.6 is 15.9 Å². The van der Waals surface area contributed by atoms with E-state index in [1.54, 1.807) is 31.4 Å². The Bertz CT molecular complexity index is 759. The van der Waals surface area contributed by atoms with Gasteiger partial charge in [0.05, 0.1) is 12.9 Å². The molecule has 124 valence electrons. The summed E-state index contributed by atoms with van der Waals surface area (Å²) in [5.41, 5.74) is 1.86. The summed E-state index contributed by atoms with van der Waals surface area (Å²) in [4.78, 5) is 24.9. The van der Waals surface area contributed by atoms with Crippen molar-refractivity contribution in [3.8, 4) is 0 Å². The number of halogens is 1. The first kappa shape index (κ1) is 16.7. The molecule has 2 atom stereocenters. The average molecular weight is 389 g/mol. The number of hydrogen-bond acceptors (Lipinski definition) is 4. The average Bonchev–Trinajstić information content (AvgIpc) is 3.09. The van der Waals surface area contributed by atoms with E-state index in [-0.39, 0.29) is 18.3 Å². The molecule has 0 radical (unpaired) electrons. The molecule has 24 heavy (non-hydrogen) atoms. The number of benzene rings is 1. The molecule has 1 heterocycles. The lowest BCUT2D eigenvalue weighted by molar-refractivity contribution is -0.151. The molecular weight excluding hydrogens is 372 g/mol. The minimum absolute atomic E-state index is 0.237. The van der Waals surface area contributed by atoms with E-state index >= 15 is 0 Å². The first-order valence-electron chi connectivity index (χ1n) is 7.80. The first-order valence-corrected chi connectivity index (χ1v) is 8.60. The molecule has 0 unspecified atom stereocenters. The summed E-state index contributed by atoms with van der Waals surface area (Å²) in [6.45, 7) is 1.98. The van der Waals surface area contributed by atoms with Crippen LogP contribution in [-0.2, 0) is 14.3 Å². The highest BCUT2D eigenvalue weighted by molar-refractivity contribution is 9.10. The fourth-order valence-corrected chi connectivity index (χ4v) is 3.28. The third-order valence-corrected chi connectivity index (χ3v) is 4.66. The number of furan rings is 1. The molecule has 1 aliphatic rings. The quantitative estimate of drug-likeness (QED) is 0.576. The zero-order valence-electron chi connectivity index (χ0n) is 13.2. The maximum Gasteiger partial charge on any atom is 0.317 e. The topological polar surface area (TPSA) is 56.5 Å². The second-order valence-corrected chi connectivity index (χ2v) is 6.55. The van der Waals surface area contributed by atoms with Gasteiger partial charge in [-0.25, -0.2) is 0 Å². The van der Waals surface area contributed by atoms with Crippen molar-refractivity contribution in [1.29, 1.82) is 0 Å². The Morgan fingerprint density at radius 3 is 2.67 bits per heavy atom. The van der Waals surface area contributed by atoms with Crippen molar-refractivity contribution in [2.45, 2.75) is 19.3 Å². The molecule has 0 bridgehead atoms. The predicted molar refractivity (Wildman–Crippen MR) is 93.3 cm³/mol. The van der Waals surface area contributed by atoms with Crippen LogP contribution in [0.5, 0.6) is 0 Å². The van der Waals surface area contributed by atoms with Gasteiger partial charge in [0.1, 0.15) is 11.7 Å². The van der Waals surface area contributed by atoms with Gasteiger partial charge >= 0.3 is 5.97 Å². The van der Waals surface area contributed by atoms with Crippen LogP contribution in [0.2, 0.25) is 0 Å². The monoisotopic (exact) mass is 388 g/mol. The molecule has 1 aliphatic carbocycles. The van der Waals surface area contributed by atoms with Crippen LogP contribution in [-0.4, -0.2) is 18.4 Å². The van der Waals surface area contributed by atoms with Crippen molar-refractivity contribution >= 4 is 33.3 Å². The number of allylic oxidation sites excluding steroid dienone is 2. The van der Waals surface area contributed by atoms with Crippen LogP contribution in [0.25, 0.3) is 5.57 Å². The molecule has 0 N–H and O–H groups in total. The maximum absolute atomic E-state index is 12.6. The van der Waals surface area contributed by atoms with Crippen LogP contribution in [0.4, 0.5) is 0 Å².